The second-order valence-electron chi connectivity index (χ2n) is 7.49. The zero-order valence-corrected chi connectivity index (χ0v) is 17.4. The van der Waals surface area contributed by atoms with Crippen LogP contribution in [0, 0.1) is 0 Å². The van der Waals surface area contributed by atoms with Crippen molar-refractivity contribution in [2.75, 3.05) is 13.2 Å². The number of para-hydroxylation sites is 1. The highest BCUT2D eigenvalue weighted by Crippen LogP contribution is 2.39. The molecule has 4 rings (SSSR count). The Morgan fingerprint density at radius 2 is 1.90 bits per heavy atom. The normalized spacial score (nSPS) is 18.3. The van der Waals surface area contributed by atoms with Gasteiger partial charge in [-0.15, -0.1) is 0 Å². The molecule has 1 aliphatic carbocycles. The first kappa shape index (κ1) is 20.6. The van der Waals surface area contributed by atoms with Crippen LogP contribution in [0.2, 0.25) is 0 Å². The third-order valence-corrected chi connectivity index (χ3v) is 5.15. The van der Waals surface area contributed by atoms with Gasteiger partial charge in [0.25, 0.3) is 0 Å². The number of esters is 2. The molecule has 9 nitrogen and oxygen atoms in total. The lowest BCUT2D eigenvalue weighted by Gasteiger charge is -2.26. The number of carbonyl (C=O) groups excluding carboxylic acids is 3. The third kappa shape index (κ3) is 4.45. The minimum Gasteiger partial charge on any atom is -0.463 e. The summed E-state index contributed by atoms with van der Waals surface area (Å²) in [6.07, 6.45) is 2.10. The SMILES string of the molecule is CCOC(=O)C1=C(COC(=O)c2cc(C3CC3)nn2-c2ccccc2)NC(=O)N[C@H]1C. The van der Waals surface area contributed by atoms with Crippen LogP contribution < -0.4 is 10.6 Å². The summed E-state index contributed by atoms with van der Waals surface area (Å²) in [5, 5.41) is 9.76. The Hall–Kier alpha value is -3.62. The molecule has 0 bridgehead atoms. The Kier molecular flexibility index (Phi) is 5.75. The fourth-order valence-corrected chi connectivity index (χ4v) is 3.49. The molecule has 1 fully saturated rings. The van der Waals surface area contributed by atoms with Crippen LogP contribution in [0.3, 0.4) is 0 Å². The van der Waals surface area contributed by atoms with E-state index in [0.29, 0.717) is 11.6 Å². The van der Waals surface area contributed by atoms with Crippen molar-refractivity contribution in [2.24, 2.45) is 0 Å². The van der Waals surface area contributed by atoms with E-state index in [-0.39, 0.29) is 24.5 Å². The maximum absolute atomic E-state index is 13.0. The highest BCUT2D eigenvalue weighted by atomic mass is 16.5. The Bertz CT molecular complexity index is 1040. The number of aromatic nitrogens is 2. The lowest BCUT2D eigenvalue weighted by molar-refractivity contribution is -0.139. The van der Waals surface area contributed by atoms with Gasteiger partial charge in [-0.05, 0) is 44.9 Å². The van der Waals surface area contributed by atoms with Gasteiger partial charge in [0.05, 0.1) is 35.3 Å². The Morgan fingerprint density at radius 3 is 2.58 bits per heavy atom. The molecule has 0 unspecified atom stereocenters. The summed E-state index contributed by atoms with van der Waals surface area (Å²) in [6.45, 7) is 3.28. The molecular formula is C22H24N4O5. The summed E-state index contributed by atoms with van der Waals surface area (Å²) < 4.78 is 12.1. The fourth-order valence-electron chi connectivity index (χ4n) is 3.49. The number of amides is 2. The maximum atomic E-state index is 13.0. The largest absolute Gasteiger partial charge is 0.463 e. The van der Waals surface area contributed by atoms with Crippen LogP contribution >= 0.6 is 0 Å². The van der Waals surface area contributed by atoms with E-state index in [1.54, 1.807) is 24.6 Å². The summed E-state index contributed by atoms with van der Waals surface area (Å²) >= 11 is 0. The first-order chi connectivity index (χ1) is 15.0. The molecule has 1 aromatic heterocycles. The highest BCUT2D eigenvalue weighted by Gasteiger charge is 2.32. The van der Waals surface area contributed by atoms with Crippen LogP contribution in [-0.4, -0.2) is 47.0 Å². The highest BCUT2D eigenvalue weighted by molar-refractivity contribution is 5.95. The van der Waals surface area contributed by atoms with Crippen molar-refractivity contribution in [3.8, 4) is 5.69 Å². The molecule has 0 spiro atoms. The maximum Gasteiger partial charge on any atom is 0.357 e. The van der Waals surface area contributed by atoms with E-state index in [0.717, 1.165) is 24.2 Å². The second kappa shape index (κ2) is 8.63. The minimum atomic E-state index is -0.598. The van der Waals surface area contributed by atoms with Crippen LogP contribution in [0.5, 0.6) is 0 Å². The van der Waals surface area contributed by atoms with Gasteiger partial charge in [-0.2, -0.15) is 5.10 Å². The number of urea groups is 1. The molecule has 2 heterocycles. The van der Waals surface area contributed by atoms with Crippen LogP contribution in [0.4, 0.5) is 4.79 Å². The van der Waals surface area contributed by atoms with Gasteiger partial charge in [-0.3, -0.25) is 0 Å². The Labute approximate surface area is 179 Å². The second-order valence-corrected chi connectivity index (χ2v) is 7.49. The molecule has 9 heteroatoms. The zero-order valence-electron chi connectivity index (χ0n) is 17.4. The third-order valence-electron chi connectivity index (χ3n) is 5.15. The quantitative estimate of drug-likeness (QED) is 0.661. The van der Waals surface area contributed by atoms with Gasteiger partial charge in [-0.1, -0.05) is 18.2 Å². The molecule has 0 radical (unpaired) electrons. The van der Waals surface area contributed by atoms with Crippen LogP contribution in [-0.2, 0) is 14.3 Å². The molecule has 2 amide bonds. The average Bonchev–Trinajstić information content (AvgIpc) is 3.50. The average molecular weight is 424 g/mol. The smallest absolute Gasteiger partial charge is 0.357 e. The van der Waals surface area contributed by atoms with Gasteiger partial charge in [0.2, 0.25) is 0 Å². The van der Waals surface area contributed by atoms with Crippen molar-refractivity contribution in [3.63, 3.8) is 0 Å². The van der Waals surface area contributed by atoms with Crippen LogP contribution in [0.25, 0.3) is 5.69 Å². The summed E-state index contributed by atoms with van der Waals surface area (Å²) in [5.74, 6) is -0.808. The van der Waals surface area contributed by atoms with Crippen LogP contribution in [0.15, 0.2) is 47.7 Å². The van der Waals surface area contributed by atoms with E-state index in [1.165, 1.54) is 0 Å². The van der Waals surface area contributed by atoms with Crippen LogP contribution in [0.1, 0.15) is 48.8 Å². The van der Waals surface area contributed by atoms with Gasteiger partial charge in [0.1, 0.15) is 6.61 Å². The van der Waals surface area contributed by atoms with Gasteiger partial charge >= 0.3 is 18.0 Å². The molecular weight excluding hydrogens is 400 g/mol. The first-order valence-electron chi connectivity index (χ1n) is 10.3. The predicted octanol–water partition coefficient (Wildman–Crippen LogP) is 2.43. The number of benzene rings is 1. The lowest BCUT2D eigenvalue weighted by Crippen LogP contribution is -2.50. The molecule has 1 atom stereocenters. The summed E-state index contributed by atoms with van der Waals surface area (Å²) in [6, 6.07) is 10.0. The Balaban J connectivity index is 1.58. The standard InChI is InChI=1S/C22H24N4O5/c1-3-30-21(28)19-13(2)23-22(29)24-17(19)12-31-20(27)18-11-16(14-9-10-14)25-26(18)15-7-5-4-6-8-15/h4-8,11,13-14H,3,9-10,12H2,1-2H3,(H2,23,24,29)/t13-/m0/s1. The van der Waals surface area contributed by atoms with Crippen molar-refractivity contribution < 1.29 is 23.9 Å². The van der Waals surface area contributed by atoms with E-state index in [9.17, 15) is 14.4 Å². The number of hydrogen-bond acceptors (Lipinski definition) is 6. The van der Waals surface area contributed by atoms with E-state index < -0.39 is 24.0 Å². The number of rotatable bonds is 7. The summed E-state index contributed by atoms with van der Waals surface area (Å²) in [5.41, 5.74) is 2.32. The number of nitrogens with zero attached hydrogens (tertiary/aromatic N) is 2. The van der Waals surface area contributed by atoms with Crippen molar-refractivity contribution in [3.05, 3.63) is 59.1 Å². The number of hydrogen-bond donors (Lipinski definition) is 2. The Morgan fingerprint density at radius 1 is 1.16 bits per heavy atom. The van der Waals surface area contributed by atoms with Gasteiger partial charge in [-0.25, -0.2) is 19.1 Å². The van der Waals surface area contributed by atoms with E-state index in [4.69, 9.17) is 9.47 Å². The molecule has 2 aromatic rings. The monoisotopic (exact) mass is 424 g/mol. The van der Waals surface area contributed by atoms with E-state index >= 15 is 0 Å². The predicted molar refractivity (Wildman–Crippen MR) is 111 cm³/mol. The van der Waals surface area contributed by atoms with Gasteiger partial charge < -0.3 is 20.1 Å². The van der Waals surface area contributed by atoms with Crippen molar-refractivity contribution in [2.45, 2.75) is 38.6 Å². The fraction of sp³-hybridized carbons (Fsp3) is 0.364. The molecule has 2 N–H and O–H groups in total. The van der Waals surface area contributed by atoms with Crippen molar-refractivity contribution in [1.82, 2.24) is 20.4 Å². The van der Waals surface area contributed by atoms with E-state index in [1.807, 2.05) is 30.3 Å². The first-order valence-corrected chi connectivity index (χ1v) is 10.3. The molecule has 1 saturated carbocycles. The lowest BCUT2D eigenvalue weighted by atomic mass is 10.0. The molecule has 1 aliphatic heterocycles. The molecule has 2 aliphatic rings. The van der Waals surface area contributed by atoms with Crippen molar-refractivity contribution >= 4 is 18.0 Å². The molecule has 1 aromatic carbocycles. The van der Waals surface area contributed by atoms with Gasteiger partial charge in [0, 0.05) is 5.92 Å². The summed E-state index contributed by atoms with van der Waals surface area (Å²) in [7, 11) is 0. The van der Waals surface area contributed by atoms with Gasteiger partial charge in [0.15, 0.2) is 5.69 Å². The number of carbonyl (C=O) groups is 3. The summed E-state index contributed by atoms with van der Waals surface area (Å²) in [4.78, 5) is 37.2. The minimum absolute atomic E-state index is 0.191. The number of nitrogens with one attached hydrogen (secondary N) is 2. The topological polar surface area (TPSA) is 112 Å². The zero-order chi connectivity index (χ0) is 22.0. The molecule has 31 heavy (non-hydrogen) atoms. The molecule has 162 valence electrons. The van der Waals surface area contributed by atoms with Crippen molar-refractivity contribution in [1.29, 1.82) is 0 Å². The number of ether oxygens (including phenoxy) is 2. The van der Waals surface area contributed by atoms with E-state index in [2.05, 4.69) is 15.7 Å². The molecule has 0 saturated heterocycles.